The standard InChI is InChI=1S/C10H6ClFNO/c1-6-5-9(13-14-6)10-7(11)3-2-4-8(10)12/h2-4H,1H3. The molecule has 0 saturated heterocycles. The third-order valence-corrected chi connectivity index (χ3v) is 2.08. The van der Waals surface area contributed by atoms with Gasteiger partial charge in [-0.2, -0.15) is 0 Å². The summed E-state index contributed by atoms with van der Waals surface area (Å²) in [6.07, 6.45) is 0. The highest BCUT2D eigenvalue weighted by atomic mass is 35.5. The lowest BCUT2D eigenvalue weighted by molar-refractivity contribution is 0.399. The van der Waals surface area contributed by atoms with Crippen molar-refractivity contribution >= 4 is 11.6 Å². The highest BCUT2D eigenvalue weighted by Crippen LogP contribution is 2.29. The molecule has 71 valence electrons. The Balaban J connectivity index is 2.61. The van der Waals surface area contributed by atoms with Crippen molar-refractivity contribution < 1.29 is 8.91 Å². The van der Waals surface area contributed by atoms with Gasteiger partial charge in [-0.15, -0.1) is 0 Å². The van der Waals surface area contributed by atoms with Crippen LogP contribution in [0.2, 0.25) is 5.02 Å². The van der Waals surface area contributed by atoms with Crippen LogP contribution in [0.5, 0.6) is 0 Å². The van der Waals surface area contributed by atoms with E-state index in [-0.39, 0.29) is 5.56 Å². The minimum absolute atomic E-state index is 0.228. The van der Waals surface area contributed by atoms with Gasteiger partial charge in [0, 0.05) is 0 Å². The second-order valence-corrected chi connectivity index (χ2v) is 3.22. The van der Waals surface area contributed by atoms with Crippen LogP contribution in [-0.4, -0.2) is 5.16 Å². The summed E-state index contributed by atoms with van der Waals surface area (Å²) in [7, 11) is 0. The fourth-order valence-corrected chi connectivity index (χ4v) is 1.41. The molecule has 0 bridgehead atoms. The van der Waals surface area contributed by atoms with Crippen LogP contribution in [-0.2, 0) is 0 Å². The molecule has 0 saturated carbocycles. The Kier molecular flexibility index (Phi) is 2.25. The quantitative estimate of drug-likeness (QED) is 0.722. The molecule has 0 amide bonds. The first kappa shape index (κ1) is 9.21. The van der Waals surface area contributed by atoms with Crippen molar-refractivity contribution in [3.8, 4) is 11.3 Å². The lowest BCUT2D eigenvalue weighted by Gasteiger charge is -1.99. The van der Waals surface area contributed by atoms with Crippen molar-refractivity contribution in [3.05, 3.63) is 40.9 Å². The fourth-order valence-electron chi connectivity index (χ4n) is 1.16. The van der Waals surface area contributed by atoms with E-state index in [0.717, 1.165) is 0 Å². The number of rotatable bonds is 1. The summed E-state index contributed by atoms with van der Waals surface area (Å²) in [5, 5.41) is 3.95. The number of halogens is 2. The molecule has 2 aromatic rings. The Bertz CT molecular complexity index is 447. The maximum atomic E-state index is 13.4. The Hall–Kier alpha value is -1.35. The topological polar surface area (TPSA) is 26.0 Å². The summed E-state index contributed by atoms with van der Waals surface area (Å²) in [5.74, 6) is 0.0707. The molecule has 4 heteroatoms. The van der Waals surface area contributed by atoms with Gasteiger partial charge in [0.25, 0.3) is 0 Å². The zero-order valence-electron chi connectivity index (χ0n) is 7.34. The van der Waals surface area contributed by atoms with Crippen LogP contribution < -0.4 is 0 Å². The molecule has 0 N–H and O–H groups in total. The van der Waals surface area contributed by atoms with Crippen molar-refractivity contribution in [1.29, 1.82) is 0 Å². The second-order valence-electron chi connectivity index (χ2n) is 2.81. The van der Waals surface area contributed by atoms with Crippen molar-refractivity contribution in [2.45, 2.75) is 6.92 Å². The summed E-state index contributed by atoms with van der Waals surface area (Å²) >= 11 is 5.83. The molecule has 2 rings (SSSR count). The van der Waals surface area contributed by atoms with E-state index >= 15 is 0 Å². The average Bonchev–Trinajstić information content (AvgIpc) is 2.51. The Morgan fingerprint density at radius 2 is 2.29 bits per heavy atom. The van der Waals surface area contributed by atoms with Crippen molar-refractivity contribution in [2.75, 3.05) is 0 Å². The SMILES string of the molecule is Cc1[c]c(-c2c(F)cccc2Cl)no1. The highest BCUT2D eigenvalue weighted by Gasteiger charge is 2.13. The van der Waals surface area contributed by atoms with E-state index in [9.17, 15) is 4.39 Å². The number of hydrogen-bond donors (Lipinski definition) is 0. The first-order valence-electron chi connectivity index (χ1n) is 3.98. The molecule has 1 aromatic heterocycles. The number of benzene rings is 1. The van der Waals surface area contributed by atoms with Gasteiger partial charge < -0.3 is 4.52 Å². The van der Waals surface area contributed by atoms with Crippen molar-refractivity contribution in [3.63, 3.8) is 0 Å². The van der Waals surface area contributed by atoms with Crippen LogP contribution in [0.25, 0.3) is 11.3 Å². The van der Waals surface area contributed by atoms with Gasteiger partial charge in [0.1, 0.15) is 17.3 Å². The predicted molar refractivity (Wildman–Crippen MR) is 50.5 cm³/mol. The van der Waals surface area contributed by atoms with Crippen LogP contribution in [0.1, 0.15) is 5.76 Å². The molecule has 0 aliphatic heterocycles. The average molecular weight is 211 g/mol. The monoisotopic (exact) mass is 210 g/mol. The van der Waals surface area contributed by atoms with Gasteiger partial charge in [0.05, 0.1) is 16.7 Å². The molecule has 0 aliphatic carbocycles. The van der Waals surface area contributed by atoms with Crippen LogP contribution in [0.3, 0.4) is 0 Å². The number of hydrogen-bond acceptors (Lipinski definition) is 2. The van der Waals surface area contributed by atoms with Gasteiger partial charge >= 0.3 is 0 Å². The minimum atomic E-state index is -0.429. The van der Waals surface area contributed by atoms with E-state index in [1.54, 1.807) is 13.0 Å². The molecule has 0 aliphatic rings. The largest absolute Gasteiger partial charge is 0.360 e. The smallest absolute Gasteiger partial charge is 0.142 e. The Labute approximate surface area is 85.3 Å². The summed E-state index contributed by atoms with van der Waals surface area (Å²) in [6.45, 7) is 1.69. The van der Waals surface area contributed by atoms with E-state index in [0.29, 0.717) is 16.5 Å². The maximum absolute atomic E-state index is 13.4. The molecule has 2 nitrogen and oxygen atoms in total. The number of aromatic nitrogens is 1. The predicted octanol–water partition coefficient (Wildman–Crippen LogP) is 3.24. The number of aryl methyl sites for hydroxylation is 1. The van der Waals surface area contributed by atoms with Gasteiger partial charge in [-0.05, 0) is 19.1 Å². The third-order valence-electron chi connectivity index (χ3n) is 1.77. The van der Waals surface area contributed by atoms with Gasteiger partial charge in [-0.25, -0.2) is 4.39 Å². The van der Waals surface area contributed by atoms with Gasteiger partial charge in [-0.1, -0.05) is 22.8 Å². The van der Waals surface area contributed by atoms with Gasteiger partial charge in [0.15, 0.2) is 0 Å². The third kappa shape index (κ3) is 1.51. The molecule has 0 unspecified atom stereocenters. The van der Waals surface area contributed by atoms with E-state index < -0.39 is 5.82 Å². The highest BCUT2D eigenvalue weighted by molar-refractivity contribution is 6.33. The minimum Gasteiger partial charge on any atom is -0.360 e. The summed E-state index contributed by atoms with van der Waals surface area (Å²) < 4.78 is 18.2. The van der Waals surface area contributed by atoms with E-state index in [2.05, 4.69) is 11.2 Å². The zero-order valence-corrected chi connectivity index (χ0v) is 8.10. The first-order chi connectivity index (χ1) is 6.68. The second kappa shape index (κ2) is 3.42. The number of nitrogens with zero attached hydrogens (tertiary/aromatic N) is 1. The Morgan fingerprint density at radius 3 is 2.86 bits per heavy atom. The lowest BCUT2D eigenvalue weighted by Crippen LogP contribution is -1.85. The van der Waals surface area contributed by atoms with Crippen molar-refractivity contribution in [1.82, 2.24) is 5.16 Å². The molecule has 0 atom stereocenters. The summed E-state index contributed by atoms with van der Waals surface area (Å²) in [6, 6.07) is 7.22. The summed E-state index contributed by atoms with van der Waals surface area (Å²) in [5.41, 5.74) is 0.525. The lowest BCUT2D eigenvalue weighted by atomic mass is 10.1. The van der Waals surface area contributed by atoms with Crippen LogP contribution in [0, 0.1) is 18.8 Å². The maximum Gasteiger partial charge on any atom is 0.142 e. The first-order valence-corrected chi connectivity index (χ1v) is 4.36. The Morgan fingerprint density at radius 1 is 1.50 bits per heavy atom. The normalized spacial score (nSPS) is 10.5. The fraction of sp³-hybridized carbons (Fsp3) is 0.100. The molecule has 1 heterocycles. The van der Waals surface area contributed by atoms with E-state index in [1.807, 2.05) is 0 Å². The summed E-state index contributed by atoms with van der Waals surface area (Å²) in [4.78, 5) is 0. The molecule has 1 radical (unpaired) electrons. The van der Waals surface area contributed by atoms with Gasteiger partial charge in [-0.3, -0.25) is 0 Å². The van der Waals surface area contributed by atoms with Crippen LogP contribution in [0.15, 0.2) is 22.7 Å². The van der Waals surface area contributed by atoms with Crippen molar-refractivity contribution in [2.24, 2.45) is 0 Å². The molecular weight excluding hydrogens is 205 g/mol. The molecule has 14 heavy (non-hydrogen) atoms. The molecule has 0 spiro atoms. The van der Waals surface area contributed by atoms with Crippen LogP contribution in [0.4, 0.5) is 4.39 Å². The zero-order chi connectivity index (χ0) is 10.1. The van der Waals surface area contributed by atoms with Gasteiger partial charge in [0.2, 0.25) is 0 Å². The molecule has 0 fully saturated rings. The van der Waals surface area contributed by atoms with E-state index in [4.69, 9.17) is 16.1 Å². The van der Waals surface area contributed by atoms with E-state index in [1.165, 1.54) is 12.1 Å². The van der Waals surface area contributed by atoms with Crippen LogP contribution >= 0.6 is 11.6 Å². The molecular formula is C10H6ClFNO. The molecule has 1 aromatic carbocycles.